The van der Waals surface area contributed by atoms with Gasteiger partial charge in [-0.3, -0.25) is 0 Å². The van der Waals surface area contributed by atoms with Gasteiger partial charge in [0.1, 0.15) is 11.6 Å². The molecule has 2 rings (SSSR count). The molecule has 0 bridgehead atoms. The van der Waals surface area contributed by atoms with E-state index in [0.29, 0.717) is 5.82 Å². The zero-order valence-electron chi connectivity index (χ0n) is 11.2. The maximum atomic E-state index is 5.85. The van der Waals surface area contributed by atoms with Gasteiger partial charge in [0.15, 0.2) is 0 Å². The van der Waals surface area contributed by atoms with Gasteiger partial charge in [0.2, 0.25) is 0 Å². The molecule has 0 aliphatic heterocycles. The fourth-order valence-electron chi connectivity index (χ4n) is 2.12. The monoisotopic (exact) mass is 241 g/mol. The fourth-order valence-corrected chi connectivity index (χ4v) is 2.12. The summed E-state index contributed by atoms with van der Waals surface area (Å²) in [6.45, 7) is 6.30. The number of benzene rings is 1. The Morgan fingerprint density at radius 3 is 2.28 bits per heavy atom. The lowest BCUT2D eigenvalue weighted by atomic mass is 10.0. The Kier molecular flexibility index (Phi) is 3.60. The highest BCUT2D eigenvalue weighted by atomic mass is 14.9. The van der Waals surface area contributed by atoms with Crippen molar-refractivity contribution < 1.29 is 0 Å². The Bertz CT molecular complexity index is 541. The number of nitrogens with two attached hydrogens (primary N) is 1. The molecule has 1 aromatic carbocycles. The molecule has 0 aliphatic carbocycles. The lowest BCUT2D eigenvalue weighted by molar-refractivity contribution is 0.839. The van der Waals surface area contributed by atoms with Crippen LogP contribution < -0.4 is 5.73 Å². The summed E-state index contributed by atoms with van der Waals surface area (Å²) in [5.41, 5.74) is 10.3. The molecule has 0 radical (unpaired) electrons. The number of nitrogen functional groups attached to an aromatic ring is 1. The summed E-state index contributed by atoms with van der Waals surface area (Å²) in [4.78, 5) is 8.85. The van der Waals surface area contributed by atoms with Gasteiger partial charge in [-0.05, 0) is 32.4 Å². The van der Waals surface area contributed by atoms with Crippen molar-refractivity contribution in [1.82, 2.24) is 9.97 Å². The van der Waals surface area contributed by atoms with Crippen molar-refractivity contribution in [3.63, 3.8) is 0 Å². The molecule has 2 aromatic rings. The number of hydrogen-bond acceptors (Lipinski definition) is 3. The highest BCUT2D eigenvalue weighted by Crippen LogP contribution is 2.22. The van der Waals surface area contributed by atoms with Crippen molar-refractivity contribution in [3.8, 4) is 11.3 Å². The molecule has 0 unspecified atom stereocenters. The summed E-state index contributed by atoms with van der Waals surface area (Å²) in [7, 11) is 0. The molecule has 0 saturated carbocycles. The average Bonchev–Trinajstić information content (AvgIpc) is 2.27. The molecule has 0 spiro atoms. The van der Waals surface area contributed by atoms with Gasteiger partial charge in [0, 0.05) is 18.1 Å². The van der Waals surface area contributed by atoms with Crippen LogP contribution in [0.15, 0.2) is 24.3 Å². The Morgan fingerprint density at radius 2 is 1.67 bits per heavy atom. The summed E-state index contributed by atoms with van der Waals surface area (Å²) in [5.74, 6) is 1.37. The molecule has 1 heterocycles. The fraction of sp³-hybridized carbons (Fsp3) is 0.333. The number of aromatic nitrogens is 2. The smallest absolute Gasteiger partial charge is 0.131 e. The highest BCUT2D eigenvalue weighted by Gasteiger charge is 2.05. The van der Waals surface area contributed by atoms with Gasteiger partial charge in [-0.25, -0.2) is 9.97 Å². The topological polar surface area (TPSA) is 51.8 Å². The van der Waals surface area contributed by atoms with Crippen molar-refractivity contribution in [1.29, 1.82) is 0 Å². The Morgan fingerprint density at radius 1 is 1.00 bits per heavy atom. The van der Waals surface area contributed by atoms with Gasteiger partial charge >= 0.3 is 0 Å². The van der Waals surface area contributed by atoms with Gasteiger partial charge in [-0.1, -0.05) is 24.1 Å². The first-order valence-corrected chi connectivity index (χ1v) is 6.30. The summed E-state index contributed by atoms with van der Waals surface area (Å²) in [5, 5.41) is 0. The third kappa shape index (κ3) is 2.86. The summed E-state index contributed by atoms with van der Waals surface area (Å²) in [6, 6.07) is 8.25. The van der Waals surface area contributed by atoms with Crippen molar-refractivity contribution in [2.24, 2.45) is 0 Å². The summed E-state index contributed by atoms with van der Waals surface area (Å²) in [6.07, 6.45) is 1.89. The molecular formula is C15H19N3. The van der Waals surface area contributed by atoms with Crippen LogP contribution in [0.25, 0.3) is 11.3 Å². The number of anilines is 1. The van der Waals surface area contributed by atoms with Crippen LogP contribution in [0.2, 0.25) is 0 Å². The quantitative estimate of drug-likeness (QED) is 0.897. The van der Waals surface area contributed by atoms with Crippen LogP contribution in [0.3, 0.4) is 0 Å². The van der Waals surface area contributed by atoms with Gasteiger partial charge in [-0.15, -0.1) is 0 Å². The second-order valence-corrected chi connectivity index (χ2v) is 4.72. The van der Waals surface area contributed by atoms with E-state index < -0.39 is 0 Å². The average molecular weight is 241 g/mol. The van der Waals surface area contributed by atoms with Gasteiger partial charge in [-0.2, -0.15) is 0 Å². The van der Waals surface area contributed by atoms with Crippen LogP contribution in [-0.2, 0) is 6.42 Å². The van der Waals surface area contributed by atoms with Crippen LogP contribution in [0.5, 0.6) is 0 Å². The number of hydrogen-bond donors (Lipinski definition) is 1. The Hall–Kier alpha value is -1.90. The molecule has 0 amide bonds. The third-order valence-corrected chi connectivity index (χ3v) is 2.78. The molecule has 3 heteroatoms. The van der Waals surface area contributed by atoms with E-state index in [-0.39, 0.29) is 0 Å². The number of rotatable bonds is 3. The molecule has 0 fully saturated rings. The first-order valence-electron chi connectivity index (χ1n) is 6.30. The van der Waals surface area contributed by atoms with Crippen molar-refractivity contribution >= 4 is 5.82 Å². The third-order valence-electron chi connectivity index (χ3n) is 2.78. The molecule has 0 aliphatic rings. The van der Waals surface area contributed by atoms with Crippen molar-refractivity contribution in [3.05, 3.63) is 41.2 Å². The van der Waals surface area contributed by atoms with E-state index in [1.54, 1.807) is 0 Å². The Balaban J connectivity index is 2.49. The van der Waals surface area contributed by atoms with Gasteiger partial charge in [0.25, 0.3) is 0 Å². The molecule has 1 aromatic heterocycles. The second kappa shape index (κ2) is 5.17. The minimum absolute atomic E-state index is 0.544. The van der Waals surface area contributed by atoms with E-state index in [4.69, 9.17) is 5.73 Å². The molecule has 0 saturated heterocycles. The second-order valence-electron chi connectivity index (χ2n) is 4.72. The minimum Gasteiger partial charge on any atom is -0.384 e. The van der Waals surface area contributed by atoms with Gasteiger partial charge in [0.05, 0.1) is 5.69 Å². The van der Waals surface area contributed by atoms with E-state index in [9.17, 15) is 0 Å². The van der Waals surface area contributed by atoms with E-state index in [0.717, 1.165) is 29.9 Å². The highest BCUT2D eigenvalue weighted by molar-refractivity contribution is 5.63. The van der Waals surface area contributed by atoms with Crippen molar-refractivity contribution in [2.45, 2.75) is 33.6 Å². The zero-order chi connectivity index (χ0) is 13.1. The maximum Gasteiger partial charge on any atom is 0.131 e. The van der Waals surface area contributed by atoms with Gasteiger partial charge < -0.3 is 5.73 Å². The Labute approximate surface area is 108 Å². The first kappa shape index (κ1) is 12.6. The zero-order valence-corrected chi connectivity index (χ0v) is 11.2. The predicted molar refractivity (Wildman–Crippen MR) is 75.3 cm³/mol. The SMILES string of the molecule is CCCc1nc(N)cc(-c2cc(C)cc(C)c2)n1. The predicted octanol–water partition coefficient (Wildman–Crippen LogP) is 3.30. The number of nitrogens with zero attached hydrogens (tertiary/aromatic N) is 2. The standard InChI is InChI=1S/C15H19N3/c1-4-5-15-17-13(9-14(16)18-15)12-7-10(2)6-11(3)8-12/h6-9H,4-5H2,1-3H3,(H2,16,17,18). The molecule has 2 N–H and O–H groups in total. The maximum absolute atomic E-state index is 5.85. The van der Waals surface area contributed by atoms with E-state index in [1.165, 1.54) is 11.1 Å². The van der Waals surface area contributed by atoms with Crippen LogP contribution in [-0.4, -0.2) is 9.97 Å². The van der Waals surface area contributed by atoms with Crippen LogP contribution in [0.1, 0.15) is 30.3 Å². The van der Waals surface area contributed by atoms with E-state index >= 15 is 0 Å². The molecule has 18 heavy (non-hydrogen) atoms. The molecule has 3 nitrogen and oxygen atoms in total. The first-order chi connectivity index (χ1) is 8.58. The largest absolute Gasteiger partial charge is 0.384 e. The van der Waals surface area contributed by atoms with Crippen molar-refractivity contribution in [2.75, 3.05) is 5.73 Å². The molecule has 0 atom stereocenters. The van der Waals surface area contributed by atoms with Crippen LogP contribution in [0, 0.1) is 13.8 Å². The lowest BCUT2D eigenvalue weighted by Gasteiger charge is -2.07. The van der Waals surface area contributed by atoms with Crippen LogP contribution >= 0.6 is 0 Å². The number of aryl methyl sites for hydroxylation is 3. The normalized spacial score (nSPS) is 10.6. The van der Waals surface area contributed by atoms with E-state index in [1.807, 2.05) is 6.07 Å². The molecule has 94 valence electrons. The summed E-state index contributed by atoms with van der Waals surface area (Å²) < 4.78 is 0. The summed E-state index contributed by atoms with van der Waals surface area (Å²) >= 11 is 0. The van der Waals surface area contributed by atoms with E-state index in [2.05, 4.69) is 48.9 Å². The van der Waals surface area contributed by atoms with Crippen LogP contribution in [0.4, 0.5) is 5.82 Å². The molecular weight excluding hydrogens is 222 g/mol. The lowest BCUT2D eigenvalue weighted by Crippen LogP contribution is -2.01. The minimum atomic E-state index is 0.544.